The standard InChI is InChI=1S/C17H23FN2/c1-13(2)16-5-7-20(12-16)11-15-8-14(4-3-6-19)9-17(18)10-15/h8-10,13,16H,5-7,11-12,19H2,1-2H3. The number of nitrogens with zero attached hydrogens (tertiary/aromatic N) is 1. The average molecular weight is 274 g/mol. The van der Waals surface area contributed by atoms with Crippen LogP contribution in [0.4, 0.5) is 4.39 Å². The third-order valence-electron chi connectivity index (χ3n) is 3.95. The van der Waals surface area contributed by atoms with E-state index in [1.807, 2.05) is 6.07 Å². The van der Waals surface area contributed by atoms with E-state index in [2.05, 4.69) is 30.6 Å². The zero-order valence-electron chi connectivity index (χ0n) is 12.3. The molecule has 0 saturated carbocycles. The van der Waals surface area contributed by atoms with Gasteiger partial charge in [0.25, 0.3) is 0 Å². The second-order valence-electron chi connectivity index (χ2n) is 5.88. The molecule has 0 aromatic heterocycles. The van der Waals surface area contributed by atoms with Crippen LogP contribution < -0.4 is 5.73 Å². The van der Waals surface area contributed by atoms with Gasteiger partial charge in [-0.05, 0) is 48.6 Å². The second-order valence-corrected chi connectivity index (χ2v) is 5.88. The van der Waals surface area contributed by atoms with Crippen molar-refractivity contribution in [2.24, 2.45) is 17.6 Å². The molecule has 1 aromatic rings. The van der Waals surface area contributed by atoms with Gasteiger partial charge in [-0.25, -0.2) is 4.39 Å². The molecule has 0 aliphatic carbocycles. The summed E-state index contributed by atoms with van der Waals surface area (Å²) in [6.45, 7) is 7.86. The van der Waals surface area contributed by atoms with Gasteiger partial charge >= 0.3 is 0 Å². The van der Waals surface area contributed by atoms with Crippen LogP contribution in [0.25, 0.3) is 0 Å². The van der Waals surface area contributed by atoms with E-state index < -0.39 is 0 Å². The molecule has 0 radical (unpaired) electrons. The molecular weight excluding hydrogens is 251 g/mol. The highest BCUT2D eigenvalue weighted by molar-refractivity contribution is 5.38. The largest absolute Gasteiger partial charge is 0.320 e. The summed E-state index contributed by atoms with van der Waals surface area (Å²) < 4.78 is 13.6. The Balaban J connectivity index is 2.04. The Hall–Kier alpha value is -1.37. The Labute approximate surface area is 121 Å². The Morgan fingerprint density at radius 2 is 2.20 bits per heavy atom. The number of nitrogens with two attached hydrogens (primary N) is 1. The lowest BCUT2D eigenvalue weighted by atomic mass is 9.95. The van der Waals surface area contributed by atoms with E-state index in [0.29, 0.717) is 12.1 Å². The van der Waals surface area contributed by atoms with E-state index in [-0.39, 0.29) is 5.82 Å². The van der Waals surface area contributed by atoms with Crippen molar-refractivity contribution in [1.82, 2.24) is 4.90 Å². The summed E-state index contributed by atoms with van der Waals surface area (Å²) in [5.41, 5.74) is 7.06. The highest BCUT2D eigenvalue weighted by Gasteiger charge is 2.24. The Kier molecular flexibility index (Phi) is 5.17. The van der Waals surface area contributed by atoms with Gasteiger partial charge in [-0.1, -0.05) is 25.7 Å². The maximum atomic E-state index is 13.6. The van der Waals surface area contributed by atoms with Crippen LogP contribution in [0.2, 0.25) is 0 Å². The van der Waals surface area contributed by atoms with Gasteiger partial charge in [0, 0.05) is 18.7 Å². The van der Waals surface area contributed by atoms with Crippen molar-refractivity contribution >= 4 is 0 Å². The highest BCUT2D eigenvalue weighted by atomic mass is 19.1. The third kappa shape index (κ3) is 4.06. The van der Waals surface area contributed by atoms with E-state index in [0.717, 1.165) is 37.0 Å². The first-order chi connectivity index (χ1) is 9.58. The van der Waals surface area contributed by atoms with Gasteiger partial charge in [0.15, 0.2) is 0 Å². The minimum Gasteiger partial charge on any atom is -0.320 e. The molecular formula is C17H23FN2. The van der Waals surface area contributed by atoms with Gasteiger partial charge in [0.1, 0.15) is 5.82 Å². The molecule has 0 amide bonds. The third-order valence-corrected chi connectivity index (χ3v) is 3.95. The minimum absolute atomic E-state index is 0.219. The monoisotopic (exact) mass is 274 g/mol. The predicted molar refractivity (Wildman–Crippen MR) is 80.6 cm³/mol. The molecule has 108 valence electrons. The van der Waals surface area contributed by atoms with Crippen LogP contribution >= 0.6 is 0 Å². The molecule has 1 aromatic carbocycles. The van der Waals surface area contributed by atoms with Crippen molar-refractivity contribution in [1.29, 1.82) is 0 Å². The lowest BCUT2D eigenvalue weighted by Crippen LogP contribution is -2.21. The number of halogens is 1. The Morgan fingerprint density at radius 1 is 1.40 bits per heavy atom. The van der Waals surface area contributed by atoms with Crippen molar-refractivity contribution in [3.63, 3.8) is 0 Å². The van der Waals surface area contributed by atoms with E-state index >= 15 is 0 Å². The van der Waals surface area contributed by atoms with Gasteiger partial charge in [-0.2, -0.15) is 0 Å². The molecule has 2 rings (SSSR count). The summed E-state index contributed by atoms with van der Waals surface area (Å²) in [5.74, 6) is 6.94. The van der Waals surface area contributed by atoms with E-state index in [4.69, 9.17) is 5.73 Å². The first kappa shape index (κ1) is 15.0. The van der Waals surface area contributed by atoms with Crippen molar-refractivity contribution < 1.29 is 4.39 Å². The van der Waals surface area contributed by atoms with E-state index in [9.17, 15) is 4.39 Å². The molecule has 2 nitrogen and oxygen atoms in total. The van der Waals surface area contributed by atoms with Crippen LogP contribution in [0.5, 0.6) is 0 Å². The van der Waals surface area contributed by atoms with Gasteiger partial charge in [0.05, 0.1) is 6.54 Å². The fourth-order valence-corrected chi connectivity index (χ4v) is 2.78. The quantitative estimate of drug-likeness (QED) is 0.859. The van der Waals surface area contributed by atoms with Crippen LogP contribution in [-0.2, 0) is 6.54 Å². The predicted octanol–water partition coefficient (Wildman–Crippen LogP) is 2.61. The maximum absolute atomic E-state index is 13.6. The first-order valence-electron chi connectivity index (χ1n) is 7.29. The molecule has 0 spiro atoms. The van der Waals surface area contributed by atoms with E-state index in [1.165, 1.54) is 12.5 Å². The fraction of sp³-hybridized carbons (Fsp3) is 0.529. The van der Waals surface area contributed by atoms with Crippen LogP contribution in [-0.4, -0.2) is 24.5 Å². The van der Waals surface area contributed by atoms with Crippen LogP contribution in [0.1, 0.15) is 31.4 Å². The lowest BCUT2D eigenvalue weighted by Gasteiger charge is -2.18. The summed E-state index contributed by atoms with van der Waals surface area (Å²) >= 11 is 0. The number of likely N-dealkylation sites (tertiary alicyclic amines) is 1. The molecule has 2 N–H and O–H groups in total. The molecule has 1 fully saturated rings. The second kappa shape index (κ2) is 6.88. The summed E-state index contributed by atoms with van der Waals surface area (Å²) in [4.78, 5) is 2.40. The highest BCUT2D eigenvalue weighted by Crippen LogP contribution is 2.25. The molecule has 1 atom stereocenters. The first-order valence-corrected chi connectivity index (χ1v) is 7.29. The molecule has 1 saturated heterocycles. The summed E-state index contributed by atoms with van der Waals surface area (Å²) in [7, 11) is 0. The Bertz CT molecular complexity index is 513. The number of benzene rings is 1. The zero-order chi connectivity index (χ0) is 14.5. The molecule has 1 heterocycles. The number of hydrogen-bond acceptors (Lipinski definition) is 2. The fourth-order valence-electron chi connectivity index (χ4n) is 2.78. The molecule has 1 unspecified atom stereocenters. The molecule has 0 bridgehead atoms. The molecule has 1 aliphatic rings. The number of rotatable bonds is 3. The minimum atomic E-state index is -0.219. The average Bonchev–Trinajstić information content (AvgIpc) is 2.84. The van der Waals surface area contributed by atoms with E-state index in [1.54, 1.807) is 6.07 Å². The summed E-state index contributed by atoms with van der Waals surface area (Å²) in [5, 5.41) is 0. The lowest BCUT2D eigenvalue weighted by molar-refractivity contribution is 0.296. The van der Waals surface area contributed by atoms with Gasteiger partial charge in [0.2, 0.25) is 0 Å². The molecule has 20 heavy (non-hydrogen) atoms. The van der Waals surface area contributed by atoms with Crippen LogP contribution in [0.15, 0.2) is 18.2 Å². The van der Waals surface area contributed by atoms with Crippen molar-refractivity contribution in [3.8, 4) is 11.8 Å². The smallest absolute Gasteiger partial charge is 0.124 e. The van der Waals surface area contributed by atoms with Gasteiger partial charge in [-0.15, -0.1) is 0 Å². The summed E-state index contributed by atoms with van der Waals surface area (Å²) in [6.07, 6.45) is 1.24. The Morgan fingerprint density at radius 3 is 2.85 bits per heavy atom. The maximum Gasteiger partial charge on any atom is 0.124 e. The molecule has 3 heteroatoms. The van der Waals surface area contributed by atoms with Gasteiger partial charge < -0.3 is 5.73 Å². The van der Waals surface area contributed by atoms with Crippen molar-refractivity contribution in [3.05, 3.63) is 35.1 Å². The SMILES string of the molecule is CC(C)C1CCN(Cc2cc(F)cc(C#CCN)c2)C1. The van der Waals surface area contributed by atoms with Crippen LogP contribution in [0.3, 0.4) is 0 Å². The number of hydrogen-bond donors (Lipinski definition) is 1. The summed E-state index contributed by atoms with van der Waals surface area (Å²) in [6, 6.07) is 5.04. The zero-order valence-corrected chi connectivity index (χ0v) is 12.3. The molecule has 1 aliphatic heterocycles. The van der Waals surface area contributed by atoms with Crippen LogP contribution in [0, 0.1) is 29.5 Å². The van der Waals surface area contributed by atoms with Crippen molar-refractivity contribution in [2.75, 3.05) is 19.6 Å². The normalized spacial score (nSPS) is 19.1. The van der Waals surface area contributed by atoms with Gasteiger partial charge in [-0.3, -0.25) is 4.90 Å². The van der Waals surface area contributed by atoms with Crippen molar-refractivity contribution in [2.45, 2.75) is 26.8 Å². The topological polar surface area (TPSA) is 29.3 Å².